The number of hydrogen-bond donors (Lipinski definition) is 2. The van der Waals surface area contributed by atoms with E-state index in [1.807, 2.05) is 12.1 Å². The summed E-state index contributed by atoms with van der Waals surface area (Å²) in [5, 5.41) is 2.57. The quantitative estimate of drug-likeness (QED) is 0.640. The van der Waals surface area contributed by atoms with Crippen molar-refractivity contribution in [1.82, 2.24) is 29.7 Å². The zero-order valence-electron chi connectivity index (χ0n) is 17.5. The highest BCUT2D eigenvalue weighted by molar-refractivity contribution is 5.92. The molecule has 3 aromatic rings. The number of aromatic amines is 1. The minimum atomic E-state index is -0.416. The van der Waals surface area contributed by atoms with E-state index in [9.17, 15) is 14.4 Å². The molecule has 0 spiro atoms. The molecule has 0 fully saturated rings. The molecule has 1 aliphatic heterocycles. The lowest BCUT2D eigenvalue weighted by Gasteiger charge is -2.26. The van der Waals surface area contributed by atoms with Crippen LogP contribution in [0.5, 0.6) is 0 Å². The van der Waals surface area contributed by atoms with Crippen LogP contribution in [0.15, 0.2) is 46.3 Å². The summed E-state index contributed by atoms with van der Waals surface area (Å²) in [6.07, 6.45) is 6.46. The number of amides is 1. The Morgan fingerprint density at radius 2 is 2.06 bits per heavy atom. The van der Waals surface area contributed by atoms with Crippen LogP contribution >= 0.6 is 0 Å². The third kappa shape index (κ3) is 4.17. The van der Waals surface area contributed by atoms with Gasteiger partial charge in [-0.25, -0.2) is 9.78 Å². The lowest BCUT2D eigenvalue weighted by Crippen LogP contribution is -2.35. The Hall–Kier alpha value is -3.59. The zero-order chi connectivity index (χ0) is 22.0. The van der Waals surface area contributed by atoms with Crippen LogP contribution in [0.1, 0.15) is 35.0 Å². The normalized spacial score (nSPS) is 14.5. The van der Waals surface area contributed by atoms with Crippen LogP contribution < -0.4 is 16.6 Å². The predicted molar refractivity (Wildman–Crippen MR) is 118 cm³/mol. The molecule has 31 heavy (non-hydrogen) atoms. The van der Waals surface area contributed by atoms with Crippen molar-refractivity contribution in [3.05, 3.63) is 74.3 Å². The molecule has 1 aliphatic rings. The fraction of sp³-hybridized carbons (Fsp3) is 0.318. The Balaban J connectivity index is 1.47. The van der Waals surface area contributed by atoms with Crippen LogP contribution in [-0.2, 0) is 13.1 Å². The summed E-state index contributed by atoms with van der Waals surface area (Å²) in [4.78, 5) is 49.6. The van der Waals surface area contributed by atoms with E-state index in [1.54, 1.807) is 32.4 Å². The Labute approximate surface area is 178 Å². The number of hydrogen-bond acceptors (Lipinski definition) is 6. The average molecular weight is 420 g/mol. The zero-order valence-corrected chi connectivity index (χ0v) is 17.5. The molecule has 3 aromatic heterocycles. The molecule has 9 nitrogen and oxygen atoms in total. The second-order valence-electron chi connectivity index (χ2n) is 7.45. The second-order valence-corrected chi connectivity index (χ2v) is 7.45. The van der Waals surface area contributed by atoms with E-state index in [0.717, 1.165) is 35.2 Å². The van der Waals surface area contributed by atoms with E-state index < -0.39 is 5.69 Å². The predicted octanol–water partition coefficient (Wildman–Crippen LogP) is 1.15. The summed E-state index contributed by atoms with van der Waals surface area (Å²) in [7, 11) is 1.58. The van der Waals surface area contributed by atoms with Gasteiger partial charge in [-0.1, -0.05) is 12.1 Å². The van der Waals surface area contributed by atoms with E-state index in [-0.39, 0.29) is 17.0 Å². The fourth-order valence-electron chi connectivity index (χ4n) is 3.77. The molecule has 0 atom stereocenters. The number of nitrogens with zero attached hydrogens (tertiary/aromatic N) is 4. The van der Waals surface area contributed by atoms with Gasteiger partial charge in [-0.15, -0.1) is 0 Å². The van der Waals surface area contributed by atoms with Gasteiger partial charge in [0.2, 0.25) is 0 Å². The van der Waals surface area contributed by atoms with Crippen molar-refractivity contribution >= 4 is 22.5 Å². The highest BCUT2D eigenvalue weighted by Crippen LogP contribution is 2.23. The van der Waals surface area contributed by atoms with Crippen molar-refractivity contribution in [2.24, 2.45) is 0 Å². The molecule has 1 amide bonds. The van der Waals surface area contributed by atoms with Crippen molar-refractivity contribution in [2.75, 3.05) is 20.1 Å². The minimum Gasteiger partial charge on any atom is -0.354 e. The van der Waals surface area contributed by atoms with Crippen LogP contribution in [0.3, 0.4) is 0 Å². The average Bonchev–Trinajstić information content (AvgIpc) is 2.79. The van der Waals surface area contributed by atoms with Crippen LogP contribution in [0.2, 0.25) is 0 Å². The first-order chi connectivity index (χ1) is 15.0. The number of fused-ring (bicyclic) bond motifs is 1. The Bertz CT molecular complexity index is 1270. The summed E-state index contributed by atoms with van der Waals surface area (Å²) in [5.74, 6) is -0.200. The van der Waals surface area contributed by atoms with Crippen molar-refractivity contribution in [1.29, 1.82) is 0 Å². The number of carbonyl (C=O) groups excluding carboxylic acids is 1. The van der Waals surface area contributed by atoms with Crippen molar-refractivity contribution in [2.45, 2.75) is 26.4 Å². The smallest absolute Gasteiger partial charge is 0.328 e. The molecule has 0 saturated carbocycles. The maximum atomic E-state index is 12.4. The molecule has 4 rings (SSSR count). The monoisotopic (exact) mass is 420 g/mol. The van der Waals surface area contributed by atoms with Gasteiger partial charge in [0.25, 0.3) is 11.5 Å². The lowest BCUT2D eigenvalue weighted by molar-refractivity contribution is 0.0958. The fourth-order valence-corrected chi connectivity index (χ4v) is 3.77. The van der Waals surface area contributed by atoms with Crippen LogP contribution in [-0.4, -0.2) is 50.5 Å². The first-order valence-electron chi connectivity index (χ1n) is 10.2. The number of rotatable bonds is 5. The maximum absolute atomic E-state index is 12.4. The maximum Gasteiger partial charge on any atom is 0.328 e. The Morgan fingerprint density at radius 1 is 1.23 bits per heavy atom. The number of pyridine rings is 2. The Kier molecular flexibility index (Phi) is 5.77. The third-order valence-corrected chi connectivity index (χ3v) is 5.49. The summed E-state index contributed by atoms with van der Waals surface area (Å²) >= 11 is 0. The van der Waals surface area contributed by atoms with Crippen LogP contribution in [0.25, 0.3) is 16.6 Å². The number of H-pyrrole nitrogens is 1. The molecule has 0 saturated heterocycles. The van der Waals surface area contributed by atoms with Gasteiger partial charge >= 0.3 is 5.69 Å². The van der Waals surface area contributed by atoms with Crippen molar-refractivity contribution in [3.63, 3.8) is 0 Å². The molecule has 2 N–H and O–H groups in total. The van der Waals surface area contributed by atoms with Gasteiger partial charge in [-0.3, -0.25) is 24.0 Å². The summed E-state index contributed by atoms with van der Waals surface area (Å²) in [6, 6.07) is 5.48. The van der Waals surface area contributed by atoms with E-state index in [4.69, 9.17) is 0 Å². The summed E-state index contributed by atoms with van der Waals surface area (Å²) in [5.41, 5.74) is 3.52. The molecule has 0 unspecified atom stereocenters. The minimum absolute atomic E-state index is 0.200. The molecule has 4 heterocycles. The van der Waals surface area contributed by atoms with Crippen molar-refractivity contribution in [3.8, 4) is 0 Å². The second kappa shape index (κ2) is 8.65. The molecule has 0 aliphatic carbocycles. The molecule has 0 radical (unpaired) electrons. The molecule has 160 valence electrons. The number of carbonyl (C=O) groups is 1. The lowest BCUT2D eigenvalue weighted by atomic mass is 10.0. The number of nitrogens with one attached hydrogen (secondary N) is 2. The van der Waals surface area contributed by atoms with Crippen molar-refractivity contribution < 1.29 is 4.79 Å². The highest BCUT2D eigenvalue weighted by Gasteiger charge is 2.15. The van der Waals surface area contributed by atoms with E-state index in [1.165, 1.54) is 5.57 Å². The standard InChI is InChI=1S/C22H24N6O3/c1-3-28-21(30)19-18(26-22(28)31)10-14(11-25-19)13-27-8-6-15(7-9-27)16-4-5-17(24-12-16)20(29)23-2/h4-6,10-12H,3,7-9,13H2,1-2H3,(H,23,29)(H,26,31). The first-order valence-corrected chi connectivity index (χ1v) is 10.2. The van der Waals surface area contributed by atoms with Gasteiger partial charge < -0.3 is 10.3 Å². The van der Waals surface area contributed by atoms with Gasteiger partial charge in [0.1, 0.15) is 5.69 Å². The SMILES string of the molecule is CCn1c(=O)[nH]c2cc(CN3CC=C(c4ccc(C(=O)NC)nc4)CC3)cnc2c1=O. The van der Waals surface area contributed by atoms with Gasteiger partial charge in [-0.2, -0.15) is 0 Å². The number of aromatic nitrogens is 4. The molecule has 0 bridgehead atoms. The summed E-state index contributed by atoms with van der Waals surface area (Å²) < 4.78 is 1.14. The van der Waals surface area contributed by atoms with E-state index in [0.29, 0.717) is 24.3 Å². The molecule has 0 aromatic carbocycles. The van der Waals surface area contributed by atoms with E-state index >= 15 is 0 Å². The van der Waals surface area contributed by atoms with Gasteiger partial charge in [0.05, 0.1) is 5.52 Å². The highest BCUT2D eigenvalue weighted by atomic mass is 16.2. The third-order valence-electron chi connectivity index (χ3n) is 5.49. The van der Waals surface area contributed by atoms with Crippen LogP contribution in [0, 0.1) is 0 Å². The van der Waals surface area contributed by atoms with Gasteiger partial charge in [0.15, 0.2) is 5.52 Å². The Morgan fingerprint density at radius 3 is 2.71 bits per heavy atom. The van der Waals surface area contributed by atoms with E-state index in [2.05, 4.69) is 31.2 Å². The largest absolute Gasteiger partial charge is 0.354 e. The topological polar surface area (TPSA) is 113 Å². The summed E-state index contributed by atoms with van der Waals surface area (Å²) in [6.45, 7) is 4.34. The molecular weight excluding hydrogens is 396 g/mol. The molecular formula is C22H24N6O3. The van der Waals surface area contributed by atoms with Crippen LogP contribution in [0.4, 0.5) is 0 Å². The molecule has 9 heteroatoms. The first kappa shape index (κ1) is 20.7. The van der Waals surface area contributed by atoms with Gasteiger partial charge in [-0.05, 0) is 42.2 Å². The van der Waals surface area contributed by atoms with Gasteiger partial charge in [0, 0.05) is 45.6 Å².